The van der Waals surface area contributed by atoms with Crippen molar-refractivity contribution in [3.63, 3.8) is 0 Å². The molecule has 0 saturated heterocycles. The molecule has 0 aromatic rings. The van der Waals surface area contributed by atoms with Crippen molar-refractivity contribution in [3.05, 3.63) is 0 Å². The van der Waals surface area contributed by atoms with Crippen LogP contribution < -0.4 is 5.32 Å². The summed E-state index contributed by atoms with van der Waals surface area (Å²) in [4.78, 5) is 0. The molecule has 1 N–H and O–H groups in total. The zero-order valence-corrected chi connectivity index (χ0v) is 12.0. The summed E-state index contributed by atoms with van der Waals surface area (Å²) in [5, 5.41) is 3.59. The van der Waals surface area contributed by atoms with E-state index < -0.39 is 0 Å². The molecule has 2 fully saturated rings. The van der Waals surface area contributed by atoms with Gasteiger partial charge in [-0.3, -0.25) is 0 Å². The summed E-state index contributed by atoms with van der Waals surface area (Å²) in [5.74, 6) is 1.96. The smallest absolute Gasteiger partial charge is 0.0700 e. The summed E-state index contributed by atoms with van der Waals surface area (Å²) in [5.41, 5.74) is 0.534. The molecular weight excluding hydrogens is 226 g/mol. The molecule has 3 unspecified atom stereocenters. The van der Waals surface area contributed by atoms with Crippen molar-refractivity contribution in [2.75, 3.05) is 40.0 Å². The maximum absolute atomic E-state index is 5.70. The van der Waals surface area contributed by atoms with E-state index in [9.17, 15) is 0 Å². The highest BCUT2D eigenvalue weighted by atomic mass is 16.5. The van der Waals surface area contributed by atoms with Crippen LogP contribution in [0.4, 0.5) is 0 Å². The first kappa shape index (κ1) is 14.3. The predicted octanol–water partition coefficient (Wildman–Crippen LogP) is 2.46. The van der Waals surface area contributed by atoms with Crippen LogP contribution in [0.1, 0.15) is 39.0 Å². The first-order valence-electron chi connectivity index (χ1n) is 7.58. The normalized spacial score (nSPS) is 34.3. The molecule has 0 radical (unpaired) electrons. The van der Waals surface area contributed by atoms with Crippen molar-refractivity contribution in [2.45, 2.75) is 39.0 Å². The molecular formula is C15H29NO2. The van der Waals surface area contributed by atoms with Crippen LogP contribution in [0.5, 0.6) is 0 Å². The lowest BCUT2D eigenvalue weighted by molar-refractivity contribution is 0.0360. The van der Waals surface area contributed by atoms with E-state index in [0.29, 0.717) is 12.0 Å². The van der Waals surface area contributed by atoms with Gasteiger partial charge in [-0.15, -0.1) is 0 Å². The highest BCUT2D eigenvalue weighted by Gasteiger charge is 2.49. The van der Waals surface area contributed by atoms with E-state index in [4.69, 9.17) is 9.47 Å². The van der Waals surface area contributed by atoms with Crippen LogP contribution in [-0.4, -0.2) is 40.0 Å². The van der Waals surface area contributed by atoms with Crippen molar-refractivity contribution in [1.82, 2.24) is 5.32 Å². The standard InChI is InChI=1S/C15H29NO2/c1-3-16-12-15(6-7-18-9-8-17-2)11-13-4-5-14(15)10-13/h13-14,16H,3-12H2,1-2H3. The predicted molar refractivity (Wildman–Crippen MR) is 73.7 cm³/mol. The Morgan fingerprint density at radius 2 is 2.11 bits per heavy atom. The Labute approximate surface area is 112 Å². The van der Waals surface area contributed by atoms with Gasteiger partial charge >= 0.3 is 0 Å². The topological polar surface area (TPSA) is 30.5 Å². The Kier molecular flexibility index (Phi) is 5.46. The van der Waals surface area contributed by atoms with Gasteiger partial charge in [-0.1, -0.05) is 13.3 Å². The first-order chi connectivity index (χ1) is 8.80. The van der Waals surface area contributed by atoms with Gasteiger partial charge in [-0.25, -0.2) is 0 Å². The summed E-state index contributed by atoms with van der Waals surface area (Å²) >= 11 is 0. The molecule has 0 aromatic heterocycles. The minimum absolute atomic E-state index is 0.534. The van der Waals surface area contributed by atoms with E-state index in [1.165, 1.54) is 38.6 Å². The largest absolute Gasteiger partial charge is 0.382 e. The van der Waals surface area contributed by atoms with E-state index in [1.54, 1.807) is 7.11 Å². The zero-order valence-electron chi connectivity index (χ0n) is 12.0. The van der Waals surface area contributed by atoms with Gasteiger partial charge < -0.3 is 14.8 Å². The van der Waals surface area contributed by atoms with E-state index in [1.807, 2.05) is 0 Å². The summed E-state index contributed by atoms with van der Waals surface area (Å²) in [6, 6.07) is 0. The maximum atomic E-state index is 5.70. The SMILES string of the molecule is CCNCC1(CCOCCOC)CC2CCC1C2. The second kappa shape index (κ2) is 6.88. The van der Waals surface area contributed by atoms with Crippen LogP contribution in [0.3, 0.4) is 0 Å². The second-order valence-corrected chi connectivity index (χ2v) is 6.08. The number of nitrogens with one attached hydrogen (secondary N) is 1. The lowest BCUT2D eigenvalue weighted by Crippen LogP contribution is -2.39. The third kappa shape index (κ3) is 3.25. The third-order valence-corrected chi connectivity index (χ3v) is 5.01. The van der Waals surface area contributed by atoms with Crippen molar-refractivity contribution < 1.29 is 9.47 Å². The van der Waals surface area contributed by atoms with Gasteiger partial charge in [-0.05, 0) is 49.5 Å². The van der Waals surface area contributed by atoms with Gasteiger partial charge in [0.1, 0.15) is 0 Å². The van der Waals surface area contributed by atoms with Crippen molar-refractivity contribution in [3.8, 4) is 0 Å². The second-order valence-electron chi connectivity index (χ2n) is 6.08. The fourth-order valence-corrected chi connectivity index (χ4v) is 4.06. The van der Waals surface area contributed by atoms with E-state index >= 15 is 0 Å². The number of methoxy groups -OCH3 is 1. The van der Waals surface area contributed by atoms with Crippen molar-refractivity contribution in [2.24, 2.45) is 17.3 Å². The zero-order chi connectivity index (χ0) is 12.8. The van der Waals surface area contributed by atoms with Crippen LogP contribution in [0.25, 0.3) is 0 Å². The molecule has 0 aliphatic heterocycles. The molecule has 3 atom stereocenters. The monoisotopic (exact) mass is 255 g/mol. The molecule has 3 heteroatoms. The summed E-state index contributed by atoms with van der Waals surface area (Å²) < 4.78 is 10.7. The first-order valence-corrected chi connectivity index (χ1v) is 7.58. The average molecular weight is 255 g/mol. The average Bonchev–Trinajstić information content (AvgIpc) is 2.97. The minimum Gasteiger partial charge on any atom is -0.382 e. The van der Waals surface area contributed by atoms with Crippen LogP contribution >= 0.6 is 0 Å². The molecule has 0 amide bonds. The molecule has 2 aliphatic carbocycles. The van der Waals surface area contributed by atoms with Crippen molar-refractivity contribution in [1.29, 1.82) is 0 Å². The molecule has 3 nitrogen and oxygen atoms in total. The Morgan fingerprint density at radius 1 is 1.22 bits per heavy atom. The molecule has 2 aliphatic rings. The summed E-state index contributed by atoms with van der Waals surface area (Å²) in [6.45, 7) is 6.84. The summed E-state index contributed by atoms with van der Waals surface area (Å²) in [7, 11) is 1.73. The lowest BCUT2D eigenvalue weighted by Gasteiger charge is -2.38. The van der Waals surface area contributed by atoms with Crippen LogP contribution in [0.2, 0.25) is 0 Å². The van der Waals surface area contributed by atoms with Crippen LogP contribution in [-0.2, 0) is 9.47 Å². The lowest BCUT2D eigenvalue weighted by atomic mass is 9.71. The molecule has 106 valence electrons. The quantitative estimate of drug-likeness (QED) is 0.642. The van der Waals surface area contributed by atoms with Gasteiger partial charge in [0.25, 0.3) is 0 Å². The highest BCUT2D eigenvalue weighted by Crippen LogP contribution is 2.57. The number of rotatable bonds is 9. The number of ether oxygens (including phenoxy) is 2. The van der Waals surface area contributed by atoms with Crippen LogP contribution in [0.15, 0.2) is 0 Å². The molecule has 2 saturated carbocycles. The highest BCUT2D eigenvalue weighted by molar-refractivity contribution is 5.01. The van der Waals surface area contributed by atoms with E-state index in [-0.39, 0.29) is 0 Å². The number of hydrogen-bond donors (Lipinski definition) is 1. The molecule has 0 aromatic carbocycles. The number of hydrogen-bond acceptors (Lipinski definition) is 3. The Bertz CT molecular complexity index is 247. The Morgan fingerprint density at radius 3 is 2.72 bits per heavy atom. The fraction of sp³-hybridized carbons (Fsp3) is 1.00. The van der Waals surface area contributed by atoms with Gasteiger partial charge in [0, 0.05) is 20.3 Å². The Hall–Kier alpha value is -0.120. The number of fused-ring (bicyclic) bond motifs is 2. The molecule has 18 heavy (non-hydrogen) atoms. The van der Waals surface area contributed by atoms with E-state index in [0.717, 1.165) is 31.6 Å². The van der Waals surface area contributed by atoms with E-state index in [2.05, 4.69) is 12.2 Å². The molecule has 0 spiro atoms. The maximum Gasteiger partial charge on any atom is 0.0700 e. The molecule has 0 heterocycles. The van der Waals surface area contributed by atoms with Gasteiger partial charge in [-0.2, -0.15) is 0 Å². The third-order valence-electron chi connectivity index (χ3n) is 5.01. The molecule has 2 rings (SSSR count). The van der Waals surface area contributed by atoms with Gasteiger partial charge in [0.15, 0.2) is 0 Å². The minimum atomic E-state index is 0.534. The Balaban J connectivity index is 1.78. The summed E-state index contributed by atoms with van der Waals surface area (Å²) in [6.07, 6.45) is 7.06. The van der Waals surface area contributed by atoms with Crippen LogP contribution in [0, 0.1) is 17.3 Å². The molecule has 2 bridgehead atoms. The van der Waals surface area contributed by atoms with Gasteiger partial charge in [0.05, 0.1) is 13.2 Å². The fourth-order valence-electron chi connectivity index (χ4n) is 4.06. The van der Waals surface area contributed by atoms with Crippen molar-refractivity contribution >= 4 is 0 Å². The van der Waals surface area contributed by atoms with Gasteiger partial charge in [0.2, 0.25) is 0 Å².